The molecule has 0 bridgehead atoms. The number of benzene rings is 1. The first-order valence-corrected chi connectivity index (χ1v) is 8.27. The van der Waals surface area contributed by atoms with Crippen LogP contribution in [-0.4, -0.2) is 40.3 Å². The Kier molecular flexibility index (Phi) is 6.82. The third kappa shape index (κ3) is 5.40. The fraction of sp³-hybridized carbons (Fsp3) is 0.533. The lowest BCUT2D eigenvalue weighted by Gasteiger charge is -2.24. The molecule has 1 fully saturated rings. The van der Waals surface area contributed by atoms with E-state index in [9.17, 15) is 15.0 Å². The summed E-state index contributed by atoms with van der Waals surface area (Å²) in [5.41, 5.74) is 0. The Morgan fingerprint density at radius 2 is 2.09 bits per heavy atom. The number of aromatic hydroxyl groups is 2. The Bertz CT molecular complexity index is 481. The van der Waals surface area contributed by atoms with Crippen LogP contribution in [0, 0.1) is 0 Å². The second-order valence-corrected chi connectivity index (χ2v) is 6.30. The first-order chi connectivity index (χ1) is 10.7. The van der Waals surface area contributed by atoms with E-state index < -0.39 is 0 Å². The van der Waals surface area contributed by atoms with Crippen molar-refractivity contribution in [2.75, 3.05) is 13.1 Å². The van der Waals surface area contributed by atoms with Crippen LogP contribution in [0.5, 0.6) is 11.5 Å². The maximum absolute atomic E-state index is 10.3. The standard InChI is InChI=1S/C15H22N2O4S/c18-11-16-8-3-9-17(21-12-4-1-2-5-12)22-13-6-7-14(19)15(20)10-13/h6-7,10-12,19-20H,1-5,8-9H2,(H,16,18). The number of carbonyl (C=O) groups is 1. The molecule has 1 aliphatic carbocycles. The lowest BCUT2D eigenvalue weighted by atomic mass is 10.3. The van der Waals surface area contributed by atoms with Crippen LogP contribution in [0.1, 0.15) is 32.1 Å². The molecule has 1 aromatic carbocycles. The van der Waals surface area contributed by atoms with Gasteiger partial charge in [-0.3, -0.25) is 9.63 Å². The topological polar surface area (TPSA) is 82.0 Å². The summed E-state index contributed by atoms with van der Waals surface area (Å²) in [5, 5.41) is 21.6. The fourth-order valence-electron chi connectivity index (χ4n) is 2.33. The maximum Gasteiger partial charge on any atom is 0.207 e. The van der Waals surface area contributed by atoms with Gasteiger partial charge in [0.25, 0.3) is 0 Å². The zero-order chi connectivity index (χ0) is 15.8. The van der Waals surface area contributed by atoms with Crippen LogP contribution in [0.3, 0.4) is 0 Å². The quantitative estimate of drug-likeness (QED) is 0.213. The van der Waals surface area contributed by atoms with Gasteiger partial charge in [0.15, 0.2) is 11.5 Å². The van der Waals surface area contributed by atoms with E-state index >= 15 is 0 Å². The summed E-state index contributed by atoms with van der Waals surface area (Å²) in [6.45, 7) is 1.25. The van der Waals surface area contributed by atoms with Crippen LogP contribution in [0.15, 0.2) is 23.1 Å². The minimum atomic E-state index is -0.145. The summed E-state index contributed by atoms with van der Waals surface area (Å²) in [7, 11) is 0. The van der Waals surface area contributed by atoms with Crippen molar-refractivity contribution >= 4 is 18.4 Å². The summed E-state index contributed by atoms with van der Waals surface area (Å²) in [4.78, 5) is 17.1. The van der Waals surface area contributed by atoms with Crippen molar-refractivity contribution in [2.24, 2.45) is 0 Å². The van der Waals surface area contributed by atoms with E-state index in [1.807, 2.05) is 0 Å². The zero-order valence-corrected chi connectivity index (χ0v) is 13.2. The maximum atomic E-state index is 10.3. The molecule has 1 amide bonds. The highest BCUT2D eigenvalue weighted by Gasteiger charge is 2.20. The monoisotopic (exact) mass is 326 g/mol. The highest BCUT2D eigenvalue weighted by Crippen LogP contribution is 2.33. The number of rotatable bonds is 9. The Balaban J connectivity index is 1.92. The number of hydrogen-bond acceptors (Lipinski definition) is 6. The van der Waals surface area contributed by atoms with E-state index in [0.29, 0.717) is 19.5 Å². The number of nitrogens with zero attached hydrogens (tertiary/aromatic N) is 1. The molecule has 0 unspecified atom stereocenters. The van der Waals surface area contributed by atoms with Crippen LogP contribution in [0.4, 0.5) is 0 Å². The number of carbonyl (C=O) groups excluding carboxylic acids is 1. The van der Waals surface area contributed by atoms with Crippen molar-refractivity contribution in [3.63, 3.8) is 0 Å². The molecule has 6 nitrogen and oxygen atoms in total. The van der Waals surface area contributed by atoms with Crippen molar-refractivity contribution in [1.29, 1.82) is 0 Å². The number of amides is 1. The third-order valence-corrected chi connectivity index (χ3v) is 4.41. The van der Waals surface area contributed by atoms with E-state index in [0.717, 1.165) is 24.2 Å². The van der Waals surface area contributed by atoms with Crippen LogP contribution in [-0.2, 0) is 9.63 Å². The minimum Gasteiger partial charge on any atom is -0.504 e. The summed E-state index contributed by atoms with van der Waals surface area (Å²) in [5.74, 6) is -0.281. The molecule has 1 aromatic rings. The van der Waals surface area contributed by atoms with Gasteiger partial charge in [-0.15, -0.1) is 4.47 Å². The van der Waals surface area contributed by atoms with Gasteiger partial charge in [-0.1, -0.05) is 12.8 Å². The number of nitrogens with one attached hydrogen (secondary N) is 1. The molecule has 1 saturated carbocycles. The molecule has 3 N–H and O–H groups in total. The van der Waals surface area contributed by atoms with Gasteiger partial charge in [0.05, 0.1) is 6.10 Å². The molecule has 0 radical (unpaired) electrons. The largest absolute Gasteiger partial charge is 0.504 e. The van der Waals surface area contributed by atoms with E-state index in [2.05, 4.69) is 5.32 Å². The highest BCUT2D eigenvalue weighted by molar-refractivity contribution is 7.96. The lowest BCUT2D eigenvalue weighted by molar-refractivity contribution is -0.122. The number of hydroxylamine groups is 1. The van der Waals surface area contributed by atoms with Crippen LogP contribution in [0.2, 0.25) is 0 Å². The first kappa shape index (κ1) is 16.9. The molecule has 0 atom stereocenters. The van der Waals surface area contributed by atoms with E-state index in [1.54, 1.807) is 10.5 Å². The Hall–Kier alpha value is -1.44. The Morgan fingerprint density at radius 3 is 2.77 bits per heavy atom. The normalized spacial score (nSPS) is 15.3. The Morgan fingerprint density at radius 1 is 1.32 bits per heavy atom. The smallest absolute Gasteiger partial charge is 0.207 e. The predicted octanol–water partition coefficient (Wildman–Crippen LogP) is 2.42. The summed E-state index contributed by atoms with van der Waals surface area (Å²) in [6.07, 6.45) is 6.19. The van der Waals surface area contributed by atoms with Gasteiger partial charge < -0.3 is 15.5 Å². The zero-order valence-electron chi connectivity index (χ0n) is 12.4. The van der Waals surface area contributed by atoms with E-state index in [-0.39, 0.29) is 17.6 Å². The second kappa shape index (κ2) is 8.87. The van der Waals surface area contributed by atoms with Gasteiger partial charge in [-0.2, -0.15) is 0 Å². The van der Waals surface area contributed by atoms with Crippen LogP contribution < -0.4 is 5.32 Å². The SMILES string of the molecule is O=CNCCCN(OC1CCCC1)Sc1ccc(O)c(O)c1. The molecule has 1 aliphatic rings. The molecule has 0 saturated heterocycles. The van der Waals surface area contributed by atoms with E-state index in [1.165, 1.54) is 36.9 Å². The number of phenolic OH excluding ortho intramolecular Hbond substituents is 2. The molecule has 0 aromatic heterocycles. The van der Waals surface area contributed by atoms with Gasteiger partial charge in [-0.25, -0.2) is 0 Å². The van der Waals surface area contributed by atoms with Crippen LogP contribution >= 0.6 is 11.9 Å². The molecule has 0 spiro atoms. The predicted molar refractivity (Wildman–Crippen MR) is 84.4 cm³/mol. The fourth-order valence-corrected chi connectivity index (χ4v) is 3.24. The number of hydrogen-bond donors (Lipinski definition) is 3. The molecular formula is C15H22N2O4S. The van der Waals surface area contributed by atoms with Gasteiger partial charge in [0.2, 0.25) is 6.41 Å². The average Bonchev–Trinajstić information content (AvgIpc) is 3.00. The average molecular weight is 326 g/mol. The van der Waals surface area contributed by atoms with Crippen molar-refractivity contribution in [3.8, 4) is 11.5 Å². The van der Waals surface area contributed by atoms with Crippen molar-refractivity contribution in [2.45, 2.75) is 43.1 Å². The third-order valence-electron chi connectivity index (χ3n) is 3.47. The van der Waals surface area contributed by atoms with Crippen molar-refractivity contribution in [1.82, 2.24) is 9.79 Å². The molecule has 7 heteroatoms. The van der Waals surface area contributed by atoms with Crippen LogP contribution in [0.25, 0.3) is 0 Å². The molecule has 0 aliphatic heterocycles. The van der Waals surface area contributed by atoms with Gasteiger partial charge in [0.1, 0.15) is 0 Å². The summed E-state index contributed by atoms with van der Waals surface area (Å²) >= 11 is 1.38. The molecule has 0 heterocycles. The second-order valence-electron chi connectivity index (χ2n) is 5.24. The summed E-state index contributed by atoms with van der Waals surface area (Å²) in [6, 6.07) is 4.70. The van der Waals surface area contributed by atoms with Gasteiger partial charge in [0, 0.05) is 18.0 Å². The number of phenols is 2. The van der Waals surface area contributed by atoms with Gasteiger partial charge >= 0.3 is 0 Å². The molecule has 22 heavy (non-hydrogen) atoms. The lowest BCUT2D eigenvalue weighted by Crippen LogP contribution is -2.26. The van der Waals surface area contributed by atoms with Gasteiger partial charge in [-0.05, 0) is 49.4 Å². The highest BCUT2D eigenvalue weighted by atomic mass is 32.2. The first-order valence-electron chi connectivity index (χ1n) is 7.50. The summed E-state index contributed by atoms with van der Waals surface area (Å²) < 4.78 is 1.80. The van der Waals surface area contributed by atoms with Crippen molar-refractivity contribution in [3.05, 3.63) is 18.2 Å². The molecular weight excluding hydrogens is 304 g/mol. The van der Waals surface area contributed by atoms with E-state index in [4.69, 9.17) is 4.84 Å². The minimum absolute atomic E-state index is 0.136. The molecule has 2 rings (SSSR count). The van der Waals surface area contributed by atoms with Crippen molar-refractivity contribution < 1.29 is 19.8 Å². The Labute approximate surface area is 134 Å². The molecule has 122 valence electrons.